The average molecular weight is 329 g/mol. The van der Waals surface area contributed by atoms with Gasteiger partial charge in [0.05, 0.1) is 7.11 Å². The predicted molar refractivity (Wildman–Crippen MR) is 97.5 cm³/mol. The summed E-state index contributed by atoms with van der Waals surface area (Å²) in [5, 5.41) is 2.01. The van der Waals surface area contributed by atoms with Crippen LogP contribution in [0.25, 0.3) is 0 Å². The van der Waals surface area contributed by atoms with Crippen molar-refractivity contribution in [1.29, 1.82) is 0 Å². The van der Waals surface area contributed by atoms with Gasteiger partial charge in [0.2, 0.25) is 0 Å². The Morgan fingerprint density at radius 2 is 1.32 bits per heavy atom. The second-order valence-electron chi connectivity index (χ2n) is 6.65. The number of carbonyl (C=O) groups is 1. The highest BCUT2D eigenvalue weighted by Gasteiger charge is 2.36. The Hall–Kier alpha value is -0.180. The van der Waals surface area contributed by atoms with Gasteiger partial charge in [0, 0.05) is 16.9 Å². The highest BCUT2D eigenvalue weighted by atomic mass is 32.2. The molecule has 130 valence electrons. The normalized spacial score (nSPS) is 20.1. The molecule has 0 aromatic heterocycles. The summed E-state index contributed by atoms with van der Waals surface area (Å²) in [5.41, 5.74) is 0. The minimum atomic E-state index is -0.0637. The third kappa shape index (κ3) is 10.5. The Balaban J connectivity index is 1.75. The summed E-state index contributed by atoms with van der Waals surface area (Å²) in [7, 11) is 1.47. The molecule has 2 atom stereocenters. The Kier molecular flexibility index (Phi) is 12.0. The number of methoxy groups -OCH3 is 1. The van der Waals surface area contributed by atoms with Gasteiger partial charge in [-0.1, -0.05) is 71.1 Å². The number of carbonyl (C=O) groups excluding carboxylic acids is 1. The number of thioether (sulfide) groups is 1. The second kappa shape index (κ2) is 13.3. The molecule has 1 heterocycles. The molecule has 0 saturated carbocycles. The number of rotatable bonds is 15. The Morgan fingerprint density at radius 1 is 0.818 bits per heavy atom. The number of ether oxygens (including phenoxy) is 1. The fraction of sp³-hybridized carbons (Fsp3) is 0.947. The lowest BCUT2D eigenvalue weighted by molar-refractivity contribution is -0.140. The third-order valence-corrected chi connectivity index (χ3v) is 6.14. The van der Waals surface area contributed by atoms with Crippen molar-refractivity contribution in [2.45, 2.75) is 107 Å². The zero-order valence-electron chi connectivity index (χ0n) is 14.8. The van der Waals surface area contributed by atoms with Crippen LogP contribution in [0.15, 0.2) is 0 Å². The molecule has 1 saturated heterocycles. The van der Waals surface area contributed by atoms with Gasteiger partial charge in [-0.2, -0.15) is 11.8 Å². The Bertz CT molecular complexity index is 281. The molecule has 3 heteroatoms. The first kappa shape index (κ1) is 19.9. The van der Waals surface area contributed by atoms with Gasteiger partial charge in [-0.25, -0.2) is 0 Å². The quantitative estimate of drug-likeness (QED) is 0.206. The topological polar surface area (TPSA) is 26.3 Å². The van der Waals surface area contributed by atoms with Crippen LogP contribution in [0.5, 0.6) is 0 Å². The fourth-order valence-electron chi connectivity index (χ4n) is 3.06. The molecule has 0 aromatic carbocycles. The molecule has 22 heavy (non-hydrogen) atoms. The first-order chi connectivity index (χ1) is 10.8. The van der Waals surface area contributed by atoms with Crippen molar-refractivity contribution in [3.05, 3.63) is 0 Å². The van der Waals surface area contributed by atoms with E-state index < -0.39 is 0 Å². The molecule has 1 fully saturated rings. The van der Waals surface area contributed by atoms with E-state index in [-0.39, 0.29) is 5.97 Å². The van der Waals surface area contributed by atoms with E-state index in [0.29, 0.717) is 6.42 Å². The van der Waals surface area contributed by atoms with Crippen molar-refractivity contribution in [2.75, 3.05) is 7.11 Å². The van der Waals surface area contributed by atoms with Crippen molar-refractivity contribution in [3.63, 3.8) is 0 Å². The number of hydrogen-bond acceptors (Lipinski definition) is 3. The van der Waals surface area contributed by atoms with E-state index in [1.807, 2.05) is 0 Å². The van der Waals surface area contributed by atoms with E-state index in [0.717, 1.165) is 16.9 Å². The van der Waals surface area contributed by atoms with Gasteiger partial charge in [-0.3, -0.25) is 4.79 Å². The molecule has 1 aliphatic rings. The third-order valence-electron chi connectivity index (χ3n) is 4.63. The van der Waals surface area contributed by atoms with E-state index >= 15 is 0 Å². The van der Waals surface area contributed by atoms with Crippen molar-refractivity contribution in [2.24, 2.45) is 0 Å². The van der Waals surface area contributed by atoms with Gasteiger partial charge >= 0.3 is 5.97 Å². The standard InChI is InChI=1S/C19H36O2S/c1-3-4-5-11-14-17-18(22-17)15-12-9-7-6-8-10-13-16-19(20)21-2/h17-18H,3-16H2,1-2H3. The SMILES string of the molecule is CCCCCCC1SC1CCCCCCCCCC(=O)OC. The predicted octanol–water partition coefficient (Wildman–Crippen LogP) is 6.12. The van der Waals surface area contributed by atoms with Gasteiger partial charge < -0.3 is 4.74 Å². The molecular weight excluding hydrogens is 292 g/mol. The van der Waals surface area contributed by atoms with Crippen LogP contribution >= 0.6 is 11.8 Å². The summed E-state index contributed by atoms with van der Waals surface area (Å²) in [6, 6.07) is 0. The fourth-order valence-corrected chi connectivity index (χ4v) is 4.30. The van der Waals surface area contributed by atoms with Gasteiger partial charge in [-0.15, -0.1) is 0 Å². The largest absolute Gasteiger partial charge is 0.469 e. The minimum Gasteiger partial charge on any atom is -0.469 e. The van der Waals surface area contributed by atoms with Crippen molar-refractivity contribution in [3.8, 4) is 0 Å². The van der Waals surface area contributed by atoms with Crippen LogP contribution in [0.3, 0.4) is 0 Å². The number of esters is 1. The molecule has 1 rings (SSSR count). The smallest absolute Gasteiger partial charge is 0.305 e. The van der Waals surface area contributed by atoms with Crippen LogP contribution in [0, 0.1) is 0 Å². The van der Waals surface area contributed by atoms with Crippen LogP contribution in [-0.2, 0) is 9.53 Å². The van der Waals surface area contributed by atoms with E-state index in [1.54, 1.807) is 0 Å². The summed E-state index contributed by atoms with van der Waals surface area (Å²) >= 11 is 2.23. The maximum absolute atomic E-state index is 11.0. The van der Waals surface area contributed by atoms with Gasteiger partial charge in [0.15, 0.2) is 0 Å². The Labute approximate surface area is 142 Å². The summed E-state index contributed by atoms with van der Waals surface area (Å²) in [4.78, 5) is 11.0. The molecule has 1 aliphatic heterocycles. The lowest BCUT2D eigenvalue weighted by atomic mass is 10.0. The number of hydrogen-bond donors (Lipinski definition) is 0. The van der Waals surface area contributed by atoms with Crippen molar-refractivity contribution >= 4 is 17.7 Å². The summed E-state index contributed by atoms with van der Waals surface area (Å²) in [6.07, 6.45) is 18.1. The van der Waals surface area contributed by atoms with Crippen molar-refractivity contribution in [1.82, 2.24) is 0 Å². The van der Waals surface area contributed by atoms with Gasteiger partial charge in [0.1, 0.15) is 0 Å². The molecule has 0 N–H and O–H groups in total. The van der Waals surface area contributed by atoms with Gasteiger partial charge in [-0.05, 0) is 19.3 Å². The van der Waals surface area contributed by atoms with Crippen LogP contribution < -0.4 is 0 Å². The van der Waals surface area contributed by atoms with Crippen molar-refractivity contribution < 1.29 is 9.53 Å². The van der Waals surface area contributed by atoms with Crippen LogP contribution in [0.1, 0.15) is 96.8 Å². The molecule has 0 radical (unpaired) electrons. The summed E-state index contributed by atoms with van der Waals surface area (Å²) in [6.45, 7) is 2.29. The zero-order chi connectivity index (χ0) is 16.0. The first-order valence-electron chi connectivity index (χ1n) is 9.50. The minimum absolute atomic E-state index is 0.0637. The lowest BCUT2D eigenvalue weighted by Gasteiger charge is -2.02. The average Bonchev–Trinajstić information content (AvgIpc) is 3.28. The molecular formula is C19H36O2S. The molecule has 2 unspecified atom stereocenters. The molecule has 0 aliphatic carbocycles. The summed E-state index contributed by atoms with van der Waals surface area (Å²) < 4.78 is 4.64. The lowest BCUT2D eigenvalue weighted by Crippen LogP contribution is -1.99. The van der Waals surface area contributed by atoms with Gasteiger partial charge in [0.25, 0.3) is 0 Å². The van der Waals surface area contributed by atoms with Crippen LogP contribution in [-0.4, -0.2) is 23.6 Å². The molecule has 0 amide bonds. The van der Waals surface area contributed by atoms with E-state index in [4.69, 9.17) is 0 Å². The monoisotopic (exact) mass is 328 g/mol. The maximum atomic E-state index is 11.0. The van der Waals surface area contributed by atoms with Crippen LogP contribution in [0.4, 0.5) is 0 Å². The molecule has 0 bridgehead atoms. The number of unbranched alkanes of at least 4 members (excludes halogenated alkanes) is 9. The summed E-state index contributed by atoms with van der Waals surface area (Å²) in [5.74, 6) is -0.0637. The van der Waals surface area contributed by atoms with E-state index in [1.165, 1.54) is 84.2 Å². The van der Waals surface area contributed by atoms with E-state index in [9.17, 15) is 4.79 Å². The Morgan fingerprint density at radius 3 is 1.86 bits per heavy atom. The van der Waals surface area contributed by atoms with Crippen LogP contribution in [0.2, 0.25) is 0 Å². The molecule has 2 nitrogen and oxygen atoms in total. The highest BCUT2D eigenvalue weighted by Crippen LogP contribution is 2.47. The molecule has 0 aromatic rings. The highest BCUT2D eigenvalue weighted by molar-refractivity contribution is 8.07. The first-order valence-corrected chi connectivity index (χ1v) is 10.4. The van der Waals surface area contributed by atoms with E-state index in [2.05, 4.69) is 23.4 Å². The zero-order valence-corrected chi connectivity index (χ0v) is 15.6. The maximum Gasteiger partial charge on any atom is 0.305 e. The molecule has 0 spiro atoms. The second-order valence-corrected chi connectivity index (χ2v) is 8.14.